The Hall–Kier alpha value is -1.78. The van der Waals surface area contributed by atoms with E-state index in [1.807, 2.05) is 18.2 Å². The minimum absolute atomic E-state index is 0.346. The number of rotatable bonds is 3. The minimum atomic E-state index is -1.03. The topological polar surface area (TPSA) is 49.3 Å². The molecule has 0 aromatic heterocycles. The van der Waals surface area contributed by atoms with Crippen LogP contribution in [0.1, 0.15) is 28.4 Å². The van der Waals surface area contributed by atoms with E-state index in [2.05, 4.69) is 37.4 Å². The molecule has 1 unspecified atom stereocenters. The van der Waals surface area contributed by atoms with Crippen LogP contribution in [-0.4, -0.2) is 11.0 Å². The molecule has 1 aliphatic heterocycles. The van der Waals surface area contributed by atoms with Crippen molar-refractivity contribution >= 4 is 23.4 Å². The highest BCUT2D eigenvalue weighted by molar-refractivity contribution is 7.98. The number of benzene rings is 2. The number of nitrogens with one attached hydrogen (secondary N) is 1. The number of carbonyl (C=O) groups is 1. The van der Waals surface area contributed by atoms with Gasteiger partial charge in [0.2, 0.25) is 0 Å². The molecule has 3 rings (SSSR count). The molecular formula is C17H17NO2S. The van der Waals surface area contributed by atoms with E-state index in [1.54, 1.807) is 11.8 Å². The van der Waals surface area contributed by atoms with Gasteiger partial charge in [-0.1, -0.05) is 35.4 Å². The first-order chi connectivity index (χ1) is 10.0. The molecule has 108 valence electrons. The zero-order valence-electron chi connectivity index (χ0n) is 12.0. The summed E-state index contributed by atoms with van der Waals surface area (Å²) < 4.78 is 0. The minimum Gasteiger partial charge on any atom is -0.378 e. The maximum atomic E-state index is 11.4. The standard InChI is InChI=1S/C17H17NO2S/c1-10-5-11(2)7-12(6-10)9-21-13-3-4-14-15(8-13)18-17(20)16(14)19/h3-8,16,19H,9H2,1-2H3,(H,18,20). The van der Waals surface area contributed by atoms with Crippen LogP contribution in [0.15, 0.2) is 41.3 Å². The third kappa shape index (κ3) is 2.96. The molecule has 0 bridgehead atoms. The van der Waals surface area contributed by atoms with E-state index in [0.717, 1.165) is 16.3 Å². The Morgan fingerprint density at radius 1 is 1.14 bits per heavy atom. The SMILES string of the molecule is Cc1cc(C)cc(CSc2ccc3c(c2)NC(=O)C3O)c1. The smallest absolute Gasteiger partial charge is 0.257 e. The van der Waals surface area contributed by atoms with Crippen LogP contribution in [0.25, 0.3) is 0 Å². The fourth-order valence-electron chi connectivity index (χ4n) is 2.63. The summed E-state index contributed by atoms with van der Waals surface area (Å²) in [6.45, 7) is 4.21. The third-order valence-corrected chi connectivity index (χ3v) is 4.58. The van der Waals surface area contributed by atoms with Gasteiger partial charge in [0, 0.05) is 21.9 Å². The molecule has 3 nitrogen and oxygen atoms in total. The van der Waals surface area contributed by atoms with E-state index in [0.29, 0.717) is 5.56 Å². The highest BCUT2D eigenvalue weighted by Gasteiger charge is 2.28. The Morgan fingerprint density at radius 3 is 2.57 bits per heavy atom. The van der Waals surface area contributed by atoms with E-state index in [4.69, 9.17) is 0 Å². The van der Waals surface area contributed by atoms with Gasteiger partial charge in [0.05, 0.1) is 0 Å². The van der Waals surface area contributed by atoms with Crippen LogP contribution < -0.4 is 5.32 Å². The molecule has 0 spiro atoms. The number of aliphatic hydroxyl groups is 1. The molecule has 2 N–H and O–H groups in total. The average molecular weight is 299 g/mol. The molecule has 1 amide bonds. The predicted octanol–water partition coefficient (Wildman–Crippen LogP) is 3.58. The summed E-state index contributed by atoms with van der Waals surface area (Å²) in [5.41, 5.74) is 5.22. The molecule has 0 saturated carbocycles. The molecule has 1 atom stereocenters. The molecule has 1 heterocycles. The van der Waals surface area contributed by atoms with Crippen LogP contribution in [0, 0.1) is 13.8 Å². The summed E-state index contributed by atoms with van der Waals surface area (Å²) in [6, 6.07) is 12.3. The second-order valence-electron chi connectivity index (χ2n) is 5.43. The Balaban J connectivity index is 1.75. The van der Waals surface area contributed by atoms with Gasteiger partial charge in [-0.3, -0.25) is 4.79 Å². The first-order valence-corrected chi connectivity index (χ1v) is 7.84. The van der Waals surface area contributed by atoms with Gasteiger partial charge in [-0.15, -0.1) is 11.8 Å². The normalized spacial score (nSPS) is 16.7. The number of hydrogen-bond donors (Lipinski definition) is 2. The van der Waals surface area contributed by atoms with Crippen LogP contribution in [0.5, 0.6) is 0 Å². The first kappa shape index (κ1) is 14.2. The number of carbonyl (C=O) groups excluding carboxylic acids is 1. The van der Waals surface area contributed by atoms with Gasteiger partial charge in [-0.05, 0) is 31.5 Å². The van der Waals surface area contributed by atoms with Crippen LogP contribution in [0.4, 0.5) is 5.69 Å². The quantitative estimate of drug-likeness (QED) is 0.852. The van der Waals surface area contributed by atoms with Crippen LogP contribution >= 0.6 is 11.8 Å². The zero-order valence-corrected chi connectivity index (χ0v) is 12.8. The summed E-state index contributed by atoms with van der Waals surface area (Å²) >= 11 is 1.73. The molecular weight excluding hydrogens is 282 g/mol. The number of anilines is 1. The van der Waals surface area contributed by atoms with Crippen molar-refractivity contribution in [1.29, 1.82) is 0 Å². The number of aryl methyl sites for hydroxylation is 2. The van der Waals surface area contributed by atoms with Gasteiger partial charge < -0.3 is 10.4 Å². The van der Waals surface area contributed by atoms with Crippen LogP contribution in [0.3, 0.4) is 0 Å². The third-order valence-electron chi connectivity index (χ3n) is 3.51. The maximum absolute atomic E-state index is 11.4. The summed E-state index contributed by atoms with van der Waals surface area (Å²) in [5.74, 6) is 0.541. The molecule has 2 aromatic rings. The van der Waals surface area contributed by atoms with Crippen molar-refractivity contribution in [1.82, 2.24) is 0 Å². The van der Waals surface area contributed by atoms with Crippen molar-refractivity contribution < 1.29 is 9.90 Å². The molecule has 0 radical (unpaired) electrons. The van der Waals surface area contributed by atoms with Crippen molar-refractivity contribution in [2.24, 2.45) is 0 Å². The predicted molar refractivity (Wildman–Crippen MR) is 85.5 cm³/mol. The number of aliphatic hydroxyl groups excluding tert-OH is 1. The largest absolute Gasteiger partial charge is 0.378 e. The molecule has 1 aliphatic rings. The number of amides is 1. The fraction of sp³-hybridized carbons (Fsp3) is 0.235. The second-order valence-corrected chi connectivity index (χ2v) is 6.47. The van der Waals surface area contributed by atoms with E-state index in [9.17, 15) is 9.90 Å². The van der Waals surface area contributed by atoms with E-state index >= 15 is 0 Å². The Morgan fingerprint density at radius 2 is 1.86 bits per heavy atom. The van der Waals surface area contributed by atoms with Crippen LogP contribution in [0.2, 0.25) is 0 Å². The maximum Gasteiger partial charge on any atom is 0.257 e. The number of fused-ring (bicyclic) bond motifs is 1. The lowest BCUT2D eigenvalue weighted by Gasteiger charge is -2.07. The van der Waals surface area contributed by atoms with Crippen molar-refractivity contribution in [3.63, 3.8) is 0 Å². The second kappa shape index (κ2) is 5.54. The first-order valence-electron chi connectivity index (χ1n) is 6.86. The highest BCUT2D eigenvalue weighted by Crippen LogP contribution is 2.35. The zero-order chi connectivity index (χ0) is 15.0. The molecule has 2 aromatic carbocycles. The summed E-state index contributed by atoms with van der Waals surface area (Å²) in [5, 5.41) is 12.4. The van der Waals surface area contributed by atoms with Gasteiger partial charge >= 0.3 is 0 Å². The van der Waals surface area contributed by atoms with Crippen molar-refractivity contribution in [2.45, 2.75) is 30.6 Å². The van der Waals surface area contributed by atoms with Gasteiger partial charge in [0.1, 0.15) is 0 Å². The van der Waals surface area contributed by atoms with Crippen molar-refractivity contribution in [3.05, 3.63) is 58.7 Å². The Labute approximate surface area is 128 Å². The lowest BCUT2D eigenvalue weighted by atomic mass is 10.1. The molecule has 0 saturated heterocycles. The molecule has 21 heavy (non-hydrogen) atoms. The Bertz CT molecular complexity index is 692. The summed E-state index contributed by atoms with van der Waals surface area (Å²) in [4.78, 5) is 12.5. The Kier molecular flexibility index (Phi) is 3.74. The van der Waals surface area contributed by atoms with Gasteiger partial charge in [-0.25, -0.2) is 0 Å². The number of hydrogen-bond acceptors (Lipinski definition) is 3. The number of thioether (sulfide) groups is 1. The van der Waals surface area contributed by atoms with E-state index in [1.165, 1.54) is 16.7 Å². The molecule has 0 aliphatic carbocycles. The van der Waals surface area contributed by atoms with Crippen LogP contribution in [-0.2, 0) is 10.5 Å². The lowest BCUT2D eigenvalue weighted by molar-refractivity contribution is -0.123. The van der Waals surface area contributed by atoms with E-state index in [-0.39, 0.29) is 5.91 Å². The summed E-state index contributed by atoms with van der Waals surface area (Å²) in [6.07, 6.45) is -1.03. The lowest BCUT2D eigenvalue weighted by Crippen LogP contribution is -2.10. The van der Waals surface area contributed by atoms with E-state index < -0.39 is 6.10 Å². The van der Waals surface area contributed by atoms with Gasteiger partial charge in [0.25, 0.3) is 5.91 Å². The van der Waals surface area contributed by atoms with Gasteiger partial charge in [-0.2, -0.15) is 0 Å². The highest BCUT2D eigenvalue weighted by atomic mass is 32.2. The fourth-order valence-corrected chi connectivity index (χ4v) is 3.50. The van der Waals surface area contributed by atoms with Crippen molar-refractivity contribution in [2.75, 3.05) is 5.32 Å². The molecule has 4 heteroatoms. The average Bonchev–Trinajstić information content (AvgIpc) is 2.70. The van der Waals surface area contributed by atoms with Crippen molar-refractivity contribution in [3.8, 4) is 0 Å². The summed E-state index contributed by atoms with van der Waals surface area (Å²) in [7, 11) is 0. The monoisotopic (exact) mass is 299 g/mol. The van der Waals surface area contributed by atoms with Gasteiger partial charge in [0.15, 0.2) is 6.10 Å². The molecule has 0 fully saturated rings.